The fourth-order valence-electron chi connectivity index (χ4n) is 1.41. The van der Waals surface area contributed by atoms with Crippen molar-refractivity contribution < 1.29 is 4.58 Å². The first-order chi connectivity index (χ1) is 7.95. The standard InChI is InChI=1S/C10H12N2.C2H6.C2H4/c1-2-4-10(5-3-1)8-12-7-6-11-9-12;2*1-2/h1-5,9H,6-8H2;1-2H3;1-2H2/p+1. The fourth-order valence-corrected chi connectivity index (χ4v) is 1.41. The van der Waals surface area contributed by atoms with Crippen LogP contribution in [0.25, 0.3) is 0 Å². The molecular formula is C14H23N2+. The van der Waals surface area contributed by atoms with E-state index in [1.54, 1.807) is 0 Å². The van der Waals surface area contributed by atoms with Crippen molar-refractivity contribution >= 4 is 6.34 Å². The molecule has 0 atom stereocenters. The number of nitrogens with one attached hydrogen (secondary N) is 1. The number of nitrogens with zero attached hydrogens (tertiary/aromatic N) is 1. The van der Waals surface area contributed by atoms with Crippen LogP contribution in [0, 0.1) is 0 Å². The zero-order valence-corrected chi connectivity index (χ0v) is 10.4. The van der Waals surface area contributed by atoms with Crippen LogP contribution < -0.4 is 5.32 Å². The van der Waals surface area contributed by atoms with E-state index < -0.39 is 0 Å². The van der Waals surface area contributed by atoms with Gasteiger partial charge in [0.2, 0.25) is 6.34 Å². The molecule has 1 aliphatic rings. The second-order valence-electron chi connectivity index (χ2n) is 3.04. The summed E-state index contributed by atoms with van der Waals surface area (Å²) in [5.74, 6) is 0. The number of rotatable bonds is 2. The summed E-state index contributed by atoms with van der Waals surface area (Å²) < 4.78 is 2.29. The molecule has 1 heterocycles. The summed E-state index contributed by atoms with van der Waals surface area (Å²) in [6.45, 7) is 13.2. The van der Waals surface area contributed by atoms with Gasteiger partial charge in [0, 0.05) is 0 Å². The van der Waals surface area contributed by atoms with Gasteiger partial charge in [0.05, 0.1) is 0 Å². The minimum Gasteiger partial charge on any atom is -0.277 e. The minimum absolute atomic E-state index is 1.02. The molecule has 0 spiro atoms. The molecule has 1 aliphatic heterocycles. The molecule has 0 radical (unpaired) electrons. The van der Waals surface area contributed by atoms with E-state index in [0.29, 0.717) is 0 Å². The van der Waals surface area contributed by atoms with Crippen molar-refractivity contribution in [2.75, 3.05) is 13.1 Å². The second-order valence-corrected chi connectivity index (χ2v) is 3.04. The van der Waals surface area contributed by atoms with Gasteiger partial charge in [0.1, 0.15) is 19.6 Å². The van der Waals surface area contributed by atoms with Crippen LogP contribution in [0.5, 0.6) is 0 Å². The molecule has 0 unspecified atom stereocenters. The predicted molar refractivity (Wildman–Crippen MR) is 71.9 cm³/mol. The topological polar surface area (TPSA) is 15.0 Å². The van der Waals surface area contributed by atoms with Gasteiger partial charge in [-0.15, -0.1) is 13.2 Å². The lowest BCUT2D eigenvalue weighted by molar-refractivity contribution is -0.530. The molecule has 0 bridgehead atoms. The van der Waals surface area contributed by atoms with Gasteiger partial charge in [0.15, 0.2) is 0 Å². The second kappa shape index (κ2) is 9.97. The summed E-state index contributed by atoms with van der Waals surface area (Å²) in [6.07, 6.45) is 2.06. The van der Waals surface area contributed by atoms with Crippen LogP contribution in [0.3, 0.4) is 0 Å². The summed E-state index contributed by atoms with van der Waals surface area (Å²) in [5, 5.41) is 3.19. The molecule has 0 aliphatic carbocycles. The van der Waals surface area contributed by atoms with Crippen LogP contribution in [0.1, 0.15) is 19.4 Å². The molecule has 0 saturated carbocycles. The summed E-state index contributed by atoms with van der Waals surface area (Å²) in [6, 6.07) is 10.5. The Morgan fingerprint density at radius 1 is 1.19 bits per heavy atom. The van der Waals surface area contributed by atoms with Crippen LogP contribution in [-0.2, 0) is 6.54 Å². The van der Waals surface area contributed by atoms with Crippen LogP contribution in [0.4, 0.5) is 0 Å². The van der Waals surface area contributed by atoms with E-state index in [4.69, 9.17) is 0 Å². The van der Waals surface area contributed by atoms with E-state index in [2.05, 4.69) is 59.7 Å². The van der Waals surface area contributed by atoms with E-state index in [9.17, 15) is 0 Å². The Bertz CT molecular complexity index is 291. The van der Waals surface area contributed by atoms with Crippen molar-refractivity contribution in [2.24, 2.45) is 0 Å². The molecule has 0 aromatic heterocycles. The van der Waals surface area contributed by atoms with Crippen molar-refractivity contribution in [2.45, 2.75) is 20.4 Å². The Kier molecular flexibility index (Phi) is 8.99. The Hall–Kier alpha value is -1.57. The summed E-state index contributed by atoms with van der Waals surface area (Å²) in [4.78, 5) is 0. The maximum absolute atomic E-state index is 3.19. The van der Waals surface area contributed by atoms with Gasteiger partial charge in [-0.25, -0.2) is 0 Å². The van der Waals surface area contributed by atoms with Crippen molar-refractivity contribution in [1.29, 1.82) is 0 Å². The van der Waals surface area contributed by atoms with Gasteiger partial charge < -0.3 is 0 Å². The van der Waals surface area contributed by atoms with Crippen LogP contribution in [0.15, 0.2) is 43.5 Å². The number of benzene rings is 1. The first kappa shape index (κ1) is 14.4. The minimum atomic E-state index is 1.02. The molecule has 2 heteroatoms. The fraction of sp³-hybridized carbons (Fsp3) is 0.357. The van der Waals surface area contributed by atoms with E-state index in [0.717, 1.165) is 19.6 Å². The number of hydrogen-bond acceptors (Lipinski definition) is 1. The molecule has 0 amide bonds. The lowest BCUT2D eigenvalue weighted by Crippen LogP contribution is -2.09. The van der Waals surface area contributed by atoms with E-state index in [1.807, 2.05) is 13.8 Å². The van der Waals surface area contributed by atoms with Gasteiger partial charge in [-0.3, -0.25) is 9.89 Å². The van der Waals surface area contributed by atoms with Crippen LogP contribution >= 0.6 is 0 Å². The SMILES string of the molecule is C1=[N+](Cc2ccccc2)CCN1.C=C.CC. The third kappa shape index (κ3) is 5.35. The Labute approximate surface area is 99.3 Å². The van der Waals surface area contributed by atoms with Gasteiger partial charge >= 0.3 is 0 Å². The molecule has 88 valence electrons. The third-order valence-electron chi connectivity index (χ3n) is 2.05. The molecule has 2 rings (SSSR count). The highest BCUT2D eigenvalue weighted by Crippen LogP contribution is 2.00. The first-order valence-electron chi connectivity index (χ1n) is 5.80. The van der Waals surface area contributed by atoms with E-state index >= 15 is 0 Å². The van der Waals surface area contributed by atoms with Crippen molar-refractivity contribution in [3.8, 4) is 0 Å². The molecule has 1 aromatic carbocycles. The lowest BCUT2D eigenvalue weighted by atomic mass is 10.2. The zero-order chi connectivity index (χ0) is 12.2. The molecule has 2 nitrogen and oxygen atoms in total. The smallest absolute Gasteiger partial charge is 0.232 e. The predicted octanol–water partition coefficient (Wildman–Crippen LogP) is 2.66. The van der Waals surface area contributed by atoms with Gasteiger partial charge in [0.25, 0.3) is 0 Å². The third-order valence-corrected chi connectivity index (χ3v) is 2.05. The number of hydrogen-bond donors (Lipinski definition) is 1. The Morgan fingerprint density at radius 3 is 2.31 bits per heavy atom. The van der Waals surface area contributed by atoms with Gasteiger partial charge in [-0.2, -0.15) is 0 Å². The Balaban J connectivity index is 0.000000509. The largest absolute Gasteiger partial charge is 0.277 e. The van der Waals surface area contributed by atoms with Crippen molar-refractivity contribution in [1.82, 2.24) is 5.32 Å². The summed E-state index contributed by atoms with van der Waals surface area (Å²) in [7, 11) is 0. The van der Waals surface area contributed by atoms with Crippen molar-refractivity contribution in [3.63, 3.8) is 0 Å². The van der Waals surface area contributed by atoms with Crippen LogP contribution in [0.2, 0.25) is 0 Å². The summed E-state index contributed by atoms with van der Waals surface area (Å²) >= 11 is 0. The van der Waals surface area contributed by atoms with Crippen LogP contribution in [-0.4, -0.2) is 24.0 Å². The lowest BCUT2D eigenvalue weighted by Gasteiger charge is -1.99. The normalized spacial score (nSPS) is 12.2. The molecule has 0 fully saturated rings. The van der Waals surface area contributed by atoms with E-state index in [1.165, 1.54) is 5.56 Å². The highest BCUT2D eigenvalue weighted by molar-refractivity contribution is 5.49. The summed E-state index contributed by atoms with van der Waals surface area (Å²) in [5.41, 5.74) is 1.37. The average Bonchev–Trinajstić information content (AvgIpc) is 2.88. The molecular weight excluding hydrogens is 196 g/mol. The zero-order valence-electron chi connectivity index (χ0n) is 10.4. The van der Waals surface area contributed by atoms with Gasteiger partial charge in [-0.1, -0.05) is 44.2 Å². The molecule has 16 heavy (non-hydrogen) atoms. The monoisotopic (exact) mass is 219 g/mol. The molecule has 1 N–H and O–H groups in total. The van der Waals surface area contributed by atoms with Crippen molar-refractivity contribution in [3.05, 3.63) is 49.1 Å². The highest BCUT2D eigenvalue weighted by Gasteiger charge is 2.07. The van der Waals surface area contributed by atoms with Gasteiger partial charge in [-0.05, 0) is 5.56 Å². The maximum Gasteiger partial charge on any atom is 0.232 e. The molecule has 0 saturated heterocycles. The molecule has 1 aromatic rings. The first-order valence-corrected chi connectivity index (χ1v) is 5.80. The maximum atomic E-state index is 3.19. The average molecular weight is 219 g/mol. The Morgan fingerprint density at radius 2 is 1.81 bits per heavy atom. The van der Waals surface area contributed by atoms with E-state index in [-0.39, 0.29) is 0 Å². The highest BCUT2D eigenvalue weighted by atomic mass is 15.1. The quantitative estimate of drug-likeness (QED) is 0.597.